The summed E-state index contributed by atoms with van der Waals surface area (Å²) in [5.41, 5.74) is 9.23. The third kappa shape index (κ3) is 5.49. The van der Waals surface area contributed by atoms with Gasteiger partial charge < -0.3 is 15.2 Å². The third-order valence-electron chi connectivity index (χ3n) is 3.40. The fourth-order valence-electron chi connectivity index (χ4n) is 2.23. The Morgan fingerprint density at radius 2 is 1.58 bits per heavy atom. The molecule has 0 aliphatic heterocycles. The summed E-state index contributed by atoms with van der Waals surface area (Å²) in [7, 11) is 0. The van der Waals surface area contributed by atoms with E-state index in [1.165, 1.54) is 11.8 Å². The molecule has 24 heavy (non-hydrogen) atoms. The van der Waals surface area contributed by atoms with Crippen molar-refractivity contribution >= 4 is 22.6 Å². The average molecular weight is 344 g/mol. The highest BCUT2D eigenvalue weighted by Crippen LogP contribution is 2.24. The molecule has 0 aromatic heterocycles. The second-order valence-corrected chi connectivity index (χ2v) is 6.41. The molecule has 0 aliphatic carbocycles. The van der Waals surface area contributed by atoms with Crippen molar-refractivity contribution in [3.8, 4) is 11.5 Å². The van der Waals surface area contributed by atoms with Crippen molar-refractivity contribution in [2.75, 3.05) is 19.0 Å². The number of nitrogens with zero attached hydrogens (tertiary/aromatic N) is 1. The van der Waals surface area contributed by atoms with Gasteiger partial charge in [-0.05, 0) is 56.2 Å². The summed E-state index contributed by atoms with van der Waals surface area (Å²) in [5, 5.41) is 0.558. The maximum Gasteiger partial charge on any atom is 0.159 e. The number of hydrogen-bond acceptors (Lipinski definition) is 4. The van der Waals surface area contributed by atoms with E-state index in [0.717, 1.165) is 34.1 Å². The van der Waals surface area contributed by atoms with Crippen LogP contribution in [0.1, 0.15) is 18.1 Å². The van der Waals surface area contributed by atoms with E-state index in [2.05, 4.69) is 4.99 Å². The minimum atomic E-state index is 0.558. The van der Waals surface area contributed by atoms with E-state index in [1.807, 2.05) is 63.2 Å². The zero-order valence-electron chi connectivity index (χ0n) is 14.4. The van der Waals surface area contributed by atoms with Crippen LogP contribution in [-0.4, -0.2) is 24.1 Å². The third-order valence-corrected chi connectivity index (χ3v) is 4.16. The molecular formula is C19H24N2O2S. The first-order valence-corrected chi connectivity index (χ1v) is 8.97. The van der Waals surface area contributed by atoms with Crippen LogP contribution < -0.4 is 15.2 Å². The molecule has 5 heteroatoms. The summed E-state index contributed by atoms with van der Waals surface area (Å²) in [4.78, 5) is 4.52. The predicted molar refractivity (Wildman–Crippen MR) is 103 cm³/mol. The van der Waals surface area contributed by atoms with E-state index < -0.39 is 0 Å². The summed E-state index contributed by atoms with van der Waals surface area (Å²) in [6.45, 7) is 7.28. The fraction of sp³-hybridized carbons (Fsp3) is 0.316. The molecule has 0 bridgehead atoms. The zero-order chi connectivity index (χ0) is 17.4. The lowest BCUT2D eigenvalue weighted by atomic mass is 10.1. The van der Waals surface area contributed by atoms with Crippen LogP contribution in [0.2, 0.25) is 0 Å². The maximum absolute atomic E-state index is 6.02. The minimum Gasteiger partial charge on any atom is -0.494 e. The highest BCUT2D eigenvalue weighted by atomic mass is 32.2. The Balaban J connectivity index is 1.80. The van der Waals surface area contributed by atoms with Crippen LogP contribution in [0.15, 0.2) is 47.5 Å². The van der Waals surface area contributed by atoms with Crippen LogP contribution >= 0.6 is 11.8 Å². The minimum absolute atomic E-state index is 0.558. The number of para-hydroxylation sites is 1. The molecule has 0 saturated carbocycles. The molecule has 4 nitrogen and oxygen atoms in total. The summed E-state index contributed by atoms with van der Waals surface area (Å²) in [6, 6.07) is 13.7. The zero-order valence-corrected chi connectivity index (χ0v) is 15.2. The van der Waals surface area contributed by atoms with Gasteiger partial charge in [-0.15, -0.1) is 0 Å². The molecule has 2 aromatic carbocycles. The lowest BCUT2D eigenvalue weighted by Gasteiger charge is -2.08. The van der Waals surface area contributed by atoms with Gasteiger partial charge in [0.2, 0.25) is 0 Å². The van der Waals surface area contributed by atoms with Gasteiger partial charge in [0.15, 0.2) is 5.17 Å². The second-order valence-electron chi connectivity index (χ2n) is 5.29. The maximum atomic E-state index is 6.02. The summed E-state index contributed by atoms with van der Waals surface area (Å²) < 4.78 is 11.1. The molecule has 2 aromatic rings. The molecule has 0 spiro atoms. The summed E-state index contributed by atoms with van der Waals surface area (Å²) >= 11 is 1.50. The standard InChI is InChI=1S/C19H24N2O2S/c1-4-22-16-8-10-17(11-9-16)23-12-13-24-19(20)21-18-14(2)6-5-7-15(18)3/h5-11H,4,12-13H2,1-3H3,(H2,20,21). The number of hydrogen-bond donors (Lipinski definition) is 1. The first kappa shape index (κ1) is 18.2. The van der Waals surface area contributed by atoms with Crippen LogP contribution in [0.25, 0.3) is 0 Å². The molecule has 0 saturated heterocycles. The van der Waals surface area contributed by atoms with Crippen molar-refractivity contribution in [2.24, 2.45) is 10.7 Å². The van der Waals surface area contributed by atoms with Gasteiger partial charge in [0.25, 0.3) is 0 Å². The molecule has 128 valence electrons. The summed E-state index contributed by atoms with van der Waals surface area (Å²) in [5.74, 6) is 2.42. The predicted octanol–water partition coefficient (Wildman–Crippen LogP) is 4.46. The number of nitrogens with two attached hydrogens (primary N) is 1. The largest absolute Gasteiger partial charge is 0.494 e. The summed E-state index contributed by atoms with van der Waals surface area (Å²) in [6.07, 6.45) is 0. The Morgan fingerprint density at radius 1 is 1.00 bits per heavy atom. The molecule has 0 heterocycles. The van der Waals surface area contributed by atoms with Crippen molar-refractivity contribution in [2.45, 2.75) is 20.8 Å². The van der Waals surface area contributed by atoms with Gasteiger partial charge in [0.1, 0.15) is 11.5 Å². The molecule has 0 aliphatic rings. The van der Waals surface area contributed by atoms with Crippen molar-refractivity contribution in [1.29, 1.82) is 0 Å². The second kappa shape index (κ2) is 9.23. The number of amidine groups is 1. The Hall–Kier alpha value is -2.14. The van der Waals surface area contributed by atoms with Gasteiger partial charge in [-0.3, -0.25) is 0 Å². The van der Waals surface area contributed by atoms with E-state index in [0.29, 0.717) is 18.4 Å². The molecule has 0 atom stereocenters. The van der Waals surface area contributed by atoms with Gasteiger partial charge in [0, 0.05) is 5.75 Å². The number of thioether (sulfide) groups is 1. The smallest absolute Gasteiger partial charge is 0.159 e. The van der Waals surface area contributed by atoms with Gasteiger partial charge in [0.05, 0.1) is 18.9 Å². The number of rotatable bonds is 7. The number of benzene rings is 2. The first-order valence-electron chi connectivity index (χ1n) is 7.99. The number of aryl methyl sites for hydroxylation is 2. The van der Waals surface area contributed by atoms with Gasteiger partial charge in [-0.1, -0.05) is 30.0 Å². The molecule has 2 N–H and O–H groups in total. The normalized spacial score (nSPS) is 11.4. The molecule has 0 fully saturated rings. The van der Waals surface area contributed by atoms with E-state index in [1.54, 1.807) is 0 Å². The Morgan fingerprint density at radius 3 is 2.17 bits per heavy atom. The molecule has 0 unspecified atom stereocenters. The van der Waals surface area contributed by atoms with E-state index >= 15 is 0 Å². The quantitative estimate of drug-likeness (QED) is 0.458. The number of ether oxygens (including phenoxy) is 2. The van der Waals surface area contributed by atoms with Crippen molar-refractivity contribution < 1.29 is 9.47 Å². The first-order chi connectivity index (χ1) is 11.6. The van der Waals surface area contributed by atoms with E-state index in [4.69, 9.17) is 15.2 Å². The lowest BCUT2D eigenvalue weighted by Crippen LogP contribution is -2.10. The molecule has 2 rings (SSSR count). The average Bonchev–Trinajstić information content (AvgIpc) is 2.57. The topological polar surface area (TPSA) is 56.8 Å². The highest BCUT2D eigenvalue weighted by Gasteiger charge is 2.03. The SMILES string of the molecule is CCOc1ccc(OCCSC(N)=Nc2c(C)cccc2C)cc1. The van der Waals surface area contributed by atoms with Gasteiger partial charge in [-0.2, -0.15) is 0 Å². The monoisotopic (exact) mass is 344 g/mol. The Bertz CT molecular complexity index is 664. The van der Waals surface area contributed by atoms with Crippen LogP contribution in [0.3, 0.4) is 0 Å². The Kier molecular flexibility index (Phi) is 7.00. The van der Waals surface area contributed by atoms with Crippen molar-refractivity contribution in [3.63, 3.8) is 0 Å². The van der Waals surface area contributed by atoms with Crippen molar-refractivity contribution in [1.82, 2.24) is 0 Å². The Labute approximate surface area is 148 Å². The van der Waals surface area contributed by atoms with Gasteiger partial charge >= 0.3 is 0 Å². The number of aliphatic imine (C=N–C) groups is 1. The van der Waals surface area contributed by atoms with Crippen LogP contribution in [0.5, 0.6) is 11.5 Å². The van der Waals surface area contributed by atoms with Crippen LogP contribution in [-0.2, 0) is 0 Å². The fourth-order valence-corrected chi connectivity index (χ4v) is 2.76. The molecule has 0 amide bonds. The van der Waals surface area contributed by atoms with Crippen molar-refractivity contribution in [3.05, 3.63) is 53.6 Å². The van der Waals surface area contributed by atoms with Crippen LogP contribution in [0.4, 0.5) is 5.69 Å². The van der Waals surface area contributed by atoms with E-state index in [9.17, 15) is 0 Å². The van der Waals surface area contributed by atoms with Gasteiger partial charge in [-0.25, -0.2) is 4.99 Å². The lowest BCUT2D eigenvalue weighted by molar-refractivity contribution is 0.332. The van der Waals surface area contributed by atoms with E-state index in [-0.39, 0.29) is 0 Å². The highest BCUT2D eigenvalue weighted by molar-refractivity contribution is 8.13. The van der Waals surface area contributed by atoms with Crippen LogP contribution in [0, 0.1) is 13.8 Å². The molecule has 0 radical (unpaired) electrons. The molecular weight excluding hydrogens is 320 g/mol.